The Labute approximate surface area is 117 Å². The number of rotatable bonds is 4. The molecule has 1 N–H and O–H groups in total. The highest BCUT2D eigenvalue weighted by atomic mass is 32.1. The Bertz CT molecular complexity index is 653. The second kappa shape index (κ2) is 5.45. The number of anilines is 1. The van der Waals surface area contributed by atoms with Crippen molar-refractivity contribution >= 4 is 27.8 Å². The standard InChI is InChI=1S/C17H17NS/c1-2-15(17-11-6-12-19-17)18-16-10-5-8-13-7-3-4-9-14(13)16/h3-12,15,18H,2H2,1H3. The molecule has 0 bridgehead atoms. The molecule has 0 aliphatic rings. The summed E-state index contributed by atoms with van der Waals surface area (Å²) < 4.78 is 0. The number of thiophene rings is 1. The summed E-state index contributed by atoms with van der Waals surface area (Å²) in [7, 11) is 0. The monoisotopic (exact) mass is 267 g/mol. The largest absolute Gasteiger partial charge is 0.377 e. The molecule has 0 spiro atoms. The van der Waals surface area contributed by atoms with Crippen LogP contribution in [0.25, 0.3) is 10.8 Å². The number of nitrogens with one attached hydrogen (secondary N) is 1. The van der Waals surface area contributed by atoms with Gasteiger partial charge in [-0.05, 0) is 29.3 Å². The molecule has 0 aliphatic heterocycles. The molecule has 19 heavy (non-hydrogen) atoms. The lowest BCUT2D eigenvalue weighted by Gasteiger charge is -2.18. The lowest BCUT2D eigenvalue weighted by atomic mass is 10.1. The van der Waals surface area contributed by atoms with Crippen molar-refractivity contribution in [1.29, 1.82) is 0 Å². The van der Waals surface area contributed by atoms with Crippen molar-refractivity contribution < 1.29 is 0 Å². The quantitative estimate of drug-likeness (QED) is 0.661. The van der Waals surface area contributed by atoms with Crippen molar-refractivity contribution in [3.63, 3.8) is 0 Å². The molecule has 1 nitrogen and oxygen atoms in total. The van der Waals surface area contributed by atoms with Crippen LogP contribution in [-0.2, 0) is 0 Å². The first-order valence-electron chi connectivity index (χ1n) is 6.66. The van der Waals surface area contributed by atoms with Gasteiger partial charge in [0.1, 0.15) is 0 Å². The van der Waals surface area contributed by atoms with E-state index in [1.165, 1.54) is 21.3 Å². The van der Waals surface area contributed by atoms with E-state index in [9.17, 15) is 0 Å². The second-order valence-corrected chi connectivity index (χ2v) is 5.63. The van der Waals surface area contributed by atoms with Gasteiger partial charge in [0.25, 0.3) is 0 Å². The highest BCUT2D eigenvalue weighted by Gasteiger charge is 2.11. The molecule has 0 amide bonds. The van der Waals surface area contributed by atoms with E-state index in [4.69, 9.17) is 0 Å². The Hall–Kier alpha value is -1.80. The average molecular weight is 267 g/mol. The molecular formula is C17H17NS. The fourth-order valence-corrected chi connectivity index (χ4v) is 3.26. The maximum atomic E-state index is 3.68. The fourth-order valence-electron chi connectivity index (χ4n) is 2.40. The Morgan fingerprint density at radius 2 is 1.84 bits per heavy atom. The van der Waals surface area contributed by atoms with Crippen LogP contribution < -0.4 is 5.32 Å². The molecule has 2 heteroatoms. The third-order valence-corrected chi connectivity index (χ3v) is 4.40. The van der Waals surface area contributed by atoms with Crippen LogP contribution in [0.2, 0.25) is 0 Å². The van der Waals surface area contributed by atoms with Crippen molar-refractivity contribution in [2.45, 2.75) is 19.4 Å². The SMILES string of the molecule is CCC(Nc1cccc2ccccc12)c1cccs1. The van der Waals surface area contributed by atoms with Gasteiger partial charge in [0.2, 0.25) is 0 Å². The van der Waals surface area contributed by atoms with Crippen molar-refractivity contribution in [3.05, 3.63) is 64.9 Å². The van der Waals surface area contributed by atoms with E-state index in [2.05, 4.69) is 72.2 Å². The second-order valence-electron chi connectivity index (χ2n) is 4.65. The first kappa shape index (κ1) is 12.2. The Kier molecular flexibility index (Phi) is 3.51. The molecule has 0 fully saturated rings. The molecule has 3 rings (SSSR count). The van der Waals surface area contributed by atoms with Gasteiger partial charge in [-0.25, -0.2) is 0 Å². The molecule has 0 radical (unpaired) electrons. The molecule has 1 heterocycles. The third kappa shape index (κ3) is 2.49. The zero-order valence-electron chi connectivity index (χ0n) is 11.0. The van der Waals surface area contributed by atoms with Crippen LogP contribution >= 0.6 is 11.3 Å². The summed E-state index contributed by atoms with van der Waals surface area (Å²) in [5.74, 6) is 0. The number of benzene rings is 2. The van der Waals surface area contributed by atoms with Crippen molar-refractivity contribution in [3.8, 4) is 0 Å². The molecule has 0 saturated heterocycles. The third-order valence-electron chi connectivity index (χ3n) is 3.41. The van der Waals surface area contributed by atoms with E-state index in [-0.39, 0.29) is 0 Å². The maximum Gasteiger partial charge on any atom is 0.0604 e. The number of fused-ring (bicyclic) bond motifs is 1. The summed E-state index contributed by atoms with van der Waals surface area (Å²) in [6.45, 7) is 2.22. The van der Waals surface area contributed by atoms with Crippen LogP contribution in [0.4, 0.5) is 5.69 Å². The number of hydrogen-bond acceptors (Lipinski definition) is 2. The molecule has 3 aromatic rings. The van der Waals surface area contributed by atoms with Gasteiger partial charge in [0, 0.05) is 16.0 Å². The predicted octanol–water partition coefficient (Wildman–Crippen LogP) is 5.46. The van der Waals surface area contributed by atoms with Gasteiger partial charge in [-0.1, -0.05) is 49.4 Å². The van der Waals surface area contributed by atoms with E-state index in [0.717, 1.165) is 6.42 Å². The van der Waals surface area contributed by atoms with E-state index in [1.54, 1.807) is 0 Å². The Balaban J connectivity index is 1.96. The fraction of sp³-hybridized carbons (Fsp3) is 0.176. The molecule has 0 aliphatic carbocycles. The van der Waals surface area contributed by atoms with E-state index >= 15 is 0 Å². The van der Waals surface area contributed by atoms with Gasteiger partial charge in [-0.2, -0.15) is 0 Å². The number of hydrogen-bond donors (Lipinski definition) is 1. The zero-order chi connectivity index (χ0) is 13.1. The smallest absolute Gasteiger partial charge is 0.0604 e. The van der Waals surface area contributed by atoms with Crippen LogP contribution in [0.5, 0.6) is 0 Å². The van der Waals surface area contributed by atoms with Crippen LogP contribution in [0.3, 0.4) is 0 Å². The van der Waals surface area contributed by atoms with Gasteiger partial charge < -0.3 is 5.32 Å². The van der Waals surface area contributed by atoms with Gasteiger partial charge in [0.05, 0.1) is 6.04 Å². The van der Waals surface area contributed by atoms with Gasteiger partial charge in [0.15, 0.2) is 0 Å². The lowest BCUT2D eigenvalue weighted by Crippen LogP contribution is -2.08. The highest BCUT2D eigenvalue weighted by Crippen LogP contribution is 2.30. The Morgan fingerprint density at radius 3 is 2.63 bits per heavy atom. The van der Waals surface area contributed by atoms with Crippen LogP contribution in [0.15, 0.2) is 60.0 Å². The molecule has 0 saturated carbocycles. The van der Waals surface area contributed by atoms with E-state index in [1.807, 2.05) is 11.3 Å². The Morgan fingerprint density at radius 1 is 1.00 bits per heavy atom. The van der Waals surface area contributed by atoms with Gasteiger partial charge in [-0.15, -0.1) is 11.3 Å². The molecular weight excluding hydrogens is 250 g/mol. The average Bonchev–Trinajstić information content (AvgIpc) is 2.99. The maximum absolute atomic E-state index is 3.68. The minimum atomic E-state index is 0.394. The van der Waals surface area contributed by atoms with Gasteiger partial charge in [-0.3, -0.25) is 0 Å². The zero-order valence-corrected chi connectivity index (χ0v) is 11.8. The first-order valence-corrected chi connectivity index (χ1v) is 7.54. The highest BCUT2D eigenvalue weighted by molar-refractivity contribution is 7.10. The molecule has 2 aromatic carbocycles. The minimum Gasteiger partial charge on any atom is -0.377 e. The topological polar surface area (TPSA) is 12.0 Å². The normalized spacial score (nSPS) is 12.5. The van der Waals surface area contributed by atoms with Crippen molar-refractivity contribution in [2.24, 2.45) is 0 Å². The van der Waals surface area contributed by atoms with E-state index in [0.29, 0.717) is 6.04 Å². The van der Waals surface area contributed by atoms with Crippen molar-refractivity contribution in [2.75, 3.05) is 5.32 Å². The van der Waals surface area contributed by atoms with Crippen molar-refractivity contribution in [1.82, 2.24) is 0 Å². The van der Waals surface area contributed by atoms with Gasteiger partial charge >= 0.3 is 0 Å². The van der Waals surface area contributed by atoms with Crippen LogP contribution in [-0.4, -0.2) is 0 Å². The summed E-state index contributed by atoms with van der Waals surface area (Å²) in [6, 6.07) is 19.7. The minimum absolute atomic E-state index is 0.394. The van der Waals surface area contributed by atoms with Crippen LogP contribution in [0, 0.1) is 0 Å². The molecule has 1 unspecified atom stereocenters. The van der Waals surface area contributed by atoms with E-state index < -0.39 is 0 Å². The molecule has 96 valence electrons. The van der Waals surface area contributed by atoms with Crippen LogP contribution in [0.1, 0.15) is 24.3 Å². The summed E-state index contributed by atoms with van der Waals surface area (Å²) in [4.78, 5) is 1.40. The summed E-state index contributed by atoms with van der Waals surface area (Å²) in [5.41, 5.74) is 1.22. The predicted molar refractivity (Wildman–Crippen MR) is 84.9 cm³/mol. The summed E-state index contributed by atoms with van der Waals surface area (Å²) >= 11 is 1.82. The first-order chi connectivity index (χ1) is 9.38. The molecule has 1 atom stereocenters. The summed E-state index contributed by atoms with van der Waals surface area (Å²) in [6.07, 6.45) is 1.09. The summed E-state index contributed by atoms with van der Waals surface area (Å²) in [5, 5.41) is 8.40. The molecule has 1 aromatic heterocycles. The lowest BCUT2D eigenvalue weighted by molar-refractivity contribution is 0.765.